The van der Waals surface area contributed by atoms with E-state index in [2.05, 4.69) is 15.6 Å². The fourth-order valence-electron chi connectivity index (χ4n) is 3.53. The number of carbonyl (C=O) groups is 3. The summed E-state index contributed by atoms with van der Waals surface area (Å²) in [5.74, 6) is -0.901. The maximum atomic E-state index is 13.5. The number of ether oxygens (including phenoxy) is 1. The molecule has 0 aliphatic heterocycles. The molecule has 1 aromatic heterocycles. The predicted molar refractivity (Wildman–Crippen MR) is 136 cm³/mol. The van der Waals surface area contributed by atoms with Gasteiger partial charge in [0.2, 0.25) is 17.7 Å². The molecule has 0 saturated carbocycles. The first-order valence-electron chi connectivity index (χ1n) is 11.3. The van der Waals surface area contributed by atoms with Crippen molar-refractivity contribution in [3.05, 3.63) is 82.9 Å². The lowest BCUT2D eigenvalue weighted by atomic mass is 10.0. The number of thiazole rings is 1. The van der Waals surface area contributed by atoms with Gasteiger partial charge in [-0.2, -0.15) is 0 Å². The molecule has 0 aliphatic rings. The summed E-state index contributed by atoms with van der Waals surface area (Å²) in [6, 6.07) is 16.2. The van der Waals surface area contributed by atoms with Crippen LogP contribution in [0.2, 0.25) is 0 Å². The van der Waals surface area contributed by atoms with Crippen molar-refractivity contribution in [1.29, 1.82) is 0 Å². The number of amides is 3. The van der Waals surface area contributed by atoms with Crippen molar-refractivity contribution in [3.63, 3.8) is 0 Å². The van der Waals surface area contributed by atoms with E-state index in [4.69, 9.17) is 4.74 Å². The van der Waals surface area contributed by atoms with Gasteiger partial charge in [-0.05, 0) is 18.1 Å². The Morgan fingerprint density at radius 3 is 2.46 bits per heavy atom. The topological polar surface area (TPSA) is 101 Å². The molecule has 3 rings (SSSR count). The molecule has 35 heavy (non-hydrogen) atoms. The van der Waals surface area contributed by atoms with Crippen molar-refractivity contribution in [2.24, 2.45) is 0 Å². The van der Waals surface area contributed by atoms with Gasteiger partial charge in [0.05, 0.1) is 6.61 Å². The summed E-state index contributed by atoms with van der Waals surface area (Å²) in [5.41, 5.74) is 2.63. The van der Waals surface area contributed by atoms with Gasteiger partial charge in [-0.25, -0.2) is 4.98 Å². The minimum atomic E-state index is -0.859. The second-order valence-electron chi connectivity index (χ2n) is 7.99. The lowest BCUT2D eigenvalue weighted by Gasteiger charge is -2.32. The van der Waals surface area contributed by atoms with Crippen molar-refractivity contribution in [2.45, 2.75) is 32.4 Å². The molecular weight excluding hydrogens is 464 g/mol. The Labute approximate surface area is 209 Å². The molecule has 3 amide bonds. The monoisotopic (exact) mass is 494 g/mol. The second kappa shape index (κ2) is 13.4. The number of benzene rings is 2. The molecule has 0 spiro atoms. The molecule has 1 heterocycles. The second-order valence-corrected chi connectivity index (χ2v) is 8.88. The Morgan fingerprint density at radius 1 is 1.06 bits per heavy atom. The predicted octanol–water partition coefficient (Wildman–Crippen LogP) is 3.70. The Kier molecular flexibility index (Phi) is 9.94. The lowest BCUT2D eigenvalue weighted by molar-refractivity contribution is -0.142. The van der Waals surface area contributed by atoms with Gasteiger partial charge < -0.3 is 20.3 Å². The summed E-state index contributed by atoms with van der Waals surface area (Å²) >= 11 is 1.31. The van der Waals surface area contributed by atoms with E-state index in [0.717, 1.165) is 11.1 Å². The molecule has 184 valence electrons. The Hall–Kier alpha value is -3.56. The molecule has 9 heteroatoms. The van der Waals surface area contributed by atoms with Gasteiger partial charge in [0, 0.05) is 44.6 Å². The number of methoxy groups -OCH3 is 1. The fraction of sp³-hybridized carbons (Fsp3) is 0.308. The minimum absolute atomic E-state index is 0.0182. The number of nitrogens with one attached hydrogen (secondary N) is 2. The third-order valence-corrected chi connectivity index (χ3v) is 6.01. The van der Waals surface area contributed by atoms with Crippen LogP contribution in [-0.4, -0.2) is 47.9 Å². The summed E-state index contributed by atoms with van der Waals surface area (Å²) in [6.45, 7) is 2.87. The molecule has 2 N–H and O–H groups in total. The minimum Gasteiger partial charge on any atom is -0.383 e. The van der Waals surface area contributed by atoms with Crippen LogP contribution in [0.5, 0.6) is 0 Å². The van der Waals surface area contributed by atoms with Gasteiger partial charge >= 0.3 is 0 Å². The van der Waals surface area contributed by atoms with Crippen LogP contribution in [0.3, 0.4) is 0 Å². The summed E-state index contributed by atoms with van der Waals surface area (Å²) in [7, 11) is 1.56. The Morgan fingerprint density at radius 2 is 1.80 bits per heavy atom. The van der Waals surface area contributed by atoms with Gasteiger partial charge in [0.1, 0.15) is 6.04 Å². The fourth-order valence-corrected chi connectivity index (χ4v) is 4.07. The lowest BCUT2D eigenvalue weighted by Crippen LogP contribution is -2.44. The smallest absolute Gasteiger partial charge is 0.247 e. The summed E-state index contributed by atoms with van der Waals surface area (Å²) in [6.07, 6.45) is 1.54. The van der Waals surface area contributed by atoms with E-state index in [1.807, 2.05) is 61.5 Å². The third kappa shape index (κ3) is 8.01. The number of anilines is 1. The average molecular weight is 495 g/mol. The highest BCUT2D eigenvalue weighted by molar-refractivity contribution is 7.13. The molecule has 0 aliphatic carbocycles. The van der Waals surface area contributed by atoms with Crippen molar-refractivity contribution < 1.29 is 19.1 Å². The highest BCUT2D eigenvalue weighted by atomic mass is 32.1. The standard InChI is InChI=1S/C26H30N4O4S/c1-19-8-10-21(11-9-19)24(25(33)27-14-16-34-2)30(18-20-6-4-3-5-7-20)23(32)13-12-22(31)29-26-28-15-17-35-26/h3-11,15,17,24H,12-14,16,18H2,1-2H3,(H,27,33)(H,28,29,31). The average Bonchev–Trinajstić information content (AvgIpc) is 3.37. The zero-order valence-electron chi connectivity index (χ0n) is 19.9. The Bertz CT molecular complexity index is 1090. The van der Waals surface area contributed by atoms with Crippen LogP contribution in [0.25, 0.3) is 0 Å². The maximum absolute atomic E-state index is 13.5. The normalized spacial score (nSPS) is 11.5. The van der Waals surface area contributed by atoms with Crippen LogP contribution in [0.4, 0.5) is 5.13 Å². The maximum Gasteiger partial charge on any atom is 0.247 e. The molecule has 2 aromatic carbocycles. The molecule has 0 fully saturated rings. The van der Waals surface area contributed by atoms with Crippen LogP contribution in [0.15, 0.2) is 66.2 Å². The van der Waals surface area contributed by atoms with Crippen LogP contribution < -0.4 is 10.6 Å². The first-order chi connectivity index (χ1) is 17.0. The van der Waals surface area contributed by atoms with Gasteiger partial charge in [-0.15, -0.1) is 11.3 Å². The molecule has 0 bridgehead atoms. The number of aryl methyl sites for hydroxylation is 1. The number of hydrogen-bond donors (Lipinski definition) is 2. The molecule has 0 radical (unpaired) electrons. The number of hydrogen-bond acceptors (Lipinski definition) is 6. The van der Waals surface area contributed by atoms with Gasteiger partial charge in [-0.1, -0.05) is 60.2 Å². The van der Waals surface area contributed by atoms with E-state index in [9.17, 15) is 14.4 Å². The van der Waals surface area contributed by atoms with E-state index in [-0.39, 0.29) is 37.1 Å². The zero-order valence-corrected chi connectivity index (χ0v) is 20.7. The first kappa shape index (κ1) is 26.1. The molecule has 3 aromatic rings. The molecule has 1 unspecified atom stereocenters. The SMILES string of the molecule is COCCNC(=O)C(c1ccc(C)cc1)N(Cc1ccccc1)C(=O)CCC(=O)Nc1nccs1. The van der Waals surface area contributed by atoms with Crippen molar-refractivity contribution in [2.75, 3.05) is 25.6 Å². The summed E-state index contributed by atoms with van der Waals surface area (Å²) in [4.78, 5) is 44.8. The van der Waals surface area contributed by atoms with E-state index in [1.54, 1.807) is 23.6 Å². The van der Waals surface area contributed by atoms with Crippen LogP contribution in [0, 0.1) is 6.92 Å². The largest absolute Gasteiger partial charge is 0.383 e. The van der Waals surface area contributed by atoms with Crippen LogP contribution in [-0.2, 0) is 25.7 Å². The van der Waals surface area contributed by atoms with Gasteiger partial charge in [0.25, 0.3) is 0 Å². The first-order valence-corrected chi connectivity index (χ1v) is 12.2. The number of nitrogens with zero attached hydrogens (tertiary/aromatic N) is 2. The van der Waals surface area contributed by atoms with E-state index in [1.165, 1.54) is 11.3 Å². The number of aromatic nitrogens is 1. The molecule has 0 saturated heterocycles. The molecule has 1 atom stereocenters. The quantitative estimate of drug-likeness (QED) is 0.374. The highest BCUT2D eigenvalue weighted by Crippen LogP contribution is 2.25. The van der Waals surface area contributed by atoms with E-state index < -0.39 is 6.04 Å². The van der Waals surface area contributed by atoms with Crippen molar-refractivity contribution in [1.82, 2.24) is 15.2 Å². The third-order valence-electron chi connectivity index (χ3n) is 5.32. The Balaban J connectivity index is 1.85. The van der Waals surface area contributed by atoms with Crippen LogP contribution >= 0.6 is 11.3 Å². The van der Waals surface area contributed by atoms with Gasteiger partial charge in [-0.3, -0.25) is 14.4 Å². The summed E-state index contributed by atoms with van der Waals surface area (Å²) < 4.78 is 5.06. The molecular formula is C26H30N4O4S. The molecule has 8 nitrogen and oxygen atoms in total. The van der Waals surface area contributed by atoms with Crippen LogP contribution in [0.1, 0.15) is 35.6 Å². The summed E-state index contributed by atoms with van der Waals surface area (Å²) in [5, 5.41) is 7.81. The highest BCUT2D eigenvalue weighted by Gasteiger charge is 2.31. The number of carbonyl (C=O) groups excluding carboxylic acids is 3. The van der Waals surface area contributed by atoms with E-state index in [0.29, 0.717) is 23.8 Å². The number of rotatable bonds is 12. The zero-order chi connectivity index (χ0) is 25.0. The van der Waals surface area contributed by atoms with E-state index >= 15 is 0 Å². The van der Waals surface area contributed by atoms with Crippen molar-refractivity contribution in [3.8, 4) is 0 Å². The van der Waals surface area contributed by atoms with Gasteiger partial charge in [0.15, 0.2) is 5.13 Å². The van der Waals surface area contributed by atoms with Crippen molar-refractivity contribution >= 4 is 34.2 Å².